The van der Waals surface area contributed by atoms with Crippen molar-refractivity contribution in [2.75, 3.05) is 0 Å². The van der Waals surface area contributed by atoms with Crippen LogP contribution in [-0.4, -0.2) is 29.9 Å². The first kappa shape index (κ1) is 44.1. The van der Waals surface area contributed by atoms with Crippen LogP contribution in [0.2, 0.25) is 0 Å². The summed E-state index contributed by atoms with van der Waals surface area (Å²) in [5.74, 6) is 0. The molecule has 0 bridgehead atoms. The van der Waals surface area contributed by atoms with Gasteiger partial charge in [0, 0.05) is 74.4 Å². The number of aromatic nitrogens is 6. The molecule has 8 nitrogen and oxygen atoms in total. The molecular weight excluding hydrogens is 424 g/mol. The van der Waals surface area contributed by atoms with Crippen LogP contribution in [0.15, 0.2) is 111 Å². The number of nitrogens with zero attached hydrogens (tertiary/aromatic N) is 6. The fraction of sp³-hybridized carbons (Fsp3) is 0.308. The fourth-order valence-electron chi connectivity index (χ4n) is 1.13. The fourth-order valence-corrected chi connectivity index (χ4v) is 1.13. The smallest absolute Gasteiger partial charge is 0.0451 e. The Balaban J connectivity index is -0.0000000687. The maximum absolute atomic E-state index is 3.78. The minimum Gasteiger partial charge on any atom is -0.344 e. The molecule has 0 amide bonds. The zero-order valence-electron chi connectivity index (χ0n) is 22.5. The molecule has 0 aliphatic carbocycles. The topological polar surface area (TPSA) is 147 Å². The Bertz CT molecular complexity index is 441. The minimum atomic E-state index is 0. The number of pyridine rings is 2. The Kier molecular flexibility index (Phi) is 73.9. The molecule has 0 unspecified atom stereocenters. The maximum atomic E-state index is 3.78. The molecule has 0 spiro atoms. The summed E-state index contributed by atoms with van der Waals surface area (Å²) in [4.78, 5) is 22.5. The van der Waals surface area contributed by atoms with Crippen molar-refractivity contribution in [2.45, 2.75) is 55.4 Å². The van der Waals surface area contributed by atoms with Gasteiger partial charge in [-0.3, -0.25) is 29.9 Å². The summed E-state index contributed by atoms with van der Waals surface area (Å²) in [5.41, 5.74) is 0. The third-order valence-electron chi connectivity index (χ3n) is 2.09. The van der Waals surface area contributed by atoms with Gasteiger partial charge in [-0.25, -0.2) is 0 Å². The molecule has 4 aromatic heterocycles. The largest absolute Gasteiger partial charge is 0.344 e. The molecule has 0 saturated heterocycles. The molecule has 4 heterocycles. The first-order valence-corrected chi connectivity index (χ1v) is 11.1. The van der Waals surface area contributed by atoms with Crippen molar-refractivity contribution in [3.8, 4) is 0 Å². The van der Waals surface area contributed by atoms with Gasteiger partial charge < -0.3 is 12.3 Å². The molecular formula is C26H48N8. The molecule has 0 atom stereocenters. The lowest BCUT2D eigenvalue weighted by Crippen LogP contribution is -1.66. The van der Waals surface area contributed by atoms with Gasteiger partial charge in [0.2, 0.25) is 0 Å². The Hall–Kier alpha value is -3.62. The van der Waals surface area contributed by atoms with E-state index < -0.39 is 0 Å². The number of rotatable bonds is 0. The number of hydrogen-bond acceptors (Lipinski definition) is 8. The Morgan fingerprint density at radius 1 is 0.235 bits per heavy atom. The highest BCUT2D eigenvalue weighted by atomic mass is 14.7. The average molecular weight is 473 g/mol. The minimum absolute atomic E-state index is 0. The van der Waals surface area contributed by atoms with Crippen molar-refractivity contribution in [3.05, 3.63) is 111 Å². The van der Waals surface area contributed by atoms with Crippen LogP contribution in [0.5, 0.6) is 0 Å². The van der Waals surface area contributed by atoms with Gasteiger partial charge >= 0.3 is 0 Å². The molecule has 0 aromatic carbocycles. The van der Waals surface area contributed by atoms with Gasteiger partial charge in [0.25, 0.3) is 0 Å². The van der Waals surface area contributed by atoms with E-state index in [0.29, 0.717) is 0 Å². The summed E-state index contributed by atoms with van der Waals surface area (Å²) < 4.78 is 0. The van der Waals surface area contributed by atoms with Crippen molar-refractivity contribution in [3.63, 3.8) is 0 Å². The predicted octanol–water partition coefficient (Wildman–Crippen LogP) is 7.55. The monoisotopic (exact) mass is 472 g/mol. The summed E-state index contributed by atoms with van der Waals surface area (Å²) in [7, 11) is 0. The predicted molar refractivity (Wildman–Crippen MR) is 148 cm³/mol. The summed E-state index contributed by atoms with van der Waals surface area (Å²) in [6.07, 6.45) is 20.1. The van der Waals surface area contributed by atoms with E-state index in [0.717, 1.165) is 0 Å². The van der Waals surface area contributed by atoms with Gasteiger partial charge in [0.05, 0.1) is 0 Å². The second-order valence-corrected chi connectivity index (χ2v) is 3.84. The highest BCUT2D eigenvalue weighted by Crippen LogP contribution is 1.74. The van der Waals surface area contributed by atoms with Crippen LogP contribution in [0.25, 0.3) is 0 Å². The van der Waals surface area contributed by atoms with Crippen molar-refractivity contribution < 1.29 is 0 Å². The SMILES string of the molecule is CC.CC.CC.CC.N.N.c1ccncc1.c1ccncc1.c1cnccn1.c1cnccn1. The quantitative estimate of drug-likeness (QED) is 0.266. The zero-order chi connectivity index (χ0) is 25.0. The van der Waals surface area contributed by atoms with Gasteiger partial charge in [-0.05, 0) is 24.3 Å². The van der Waals surface area contributed by atoms with Crippen LogP contribution in [0.1, 0.15) is 55.4 Å². The normalized spacial score (nSPS) is 6.35. The molecule has 0 aliphatic heterocycles. The summed E-state index contributed by atoms with van der Waals surface area (Å²) in [6.45, 7) is 16.0. The van der Waals surface area contributed by atoms with Crippen LogP contribution in [-0.2, 0) is 0 Å². The highest BCUT2D eigenvalue weighted by Gasteiger charge is 1.60. The van der Waals surface area contributed by atoms with Crippen molar-refractivity contribution in [1.29, 1.82) is 0 Å². The molecule has 0 radical (unpaired) electrons. The lowest BCUT2D eigenvalue weighted by atomic mass is 10.5. The third-order valence-corrected chi connectivity index (χ3v) is 2.09. The molecule has 0 saturated carbocycles. The Morgan fingerprint density at radius 2 is 0.382 bits per heavy atom. The lowest BCUT2D eigenvalue weighted by Gasteiger charge is -1.70. The molecule has 4 aromatic rings. The van der Waals surface area contributed by atoms with Crippen LogP contribution >= 0.6 is 0 Å². The number of hydrogen-bond donors (Lipinski definition) is 2. The van der Waals surface area contributed by atoms with E-state index in [4.69, 9.17) is 0 Å². The van der Waals surface area contributed by atoms with Crippen molar-refractivity contribution >= 4 is 0 Å². The molecule has 4 rings (SSSR count). The Labute approximate surface area is 208 Å². The van der Waals surface area contributed by atoms with E-state index in [1.807, 2.05) is 91.8 Å². The second kappa shape index (κ2) is 57.0. The van der Waals surface area contributed by atoms with E-state index in [1.54, 1.807) is 74.4 Å². The van der Waals surface area contributed by atoms with E-state index >= 15 is 0 Å². The summed E-state index contributed by atoms with van der Waals surface area (Å²) >= 11 is 0. The average Bonchev–Trinajstić information content (AvgIpc) is 2.98. The van der Waals surface area contributed by atoms with Crippen molar-refractivity contribution in [1.82, 2.24) is 42.2 Å². The lowest BCUT2D eigenvalue weighted by molar-refractivity contribution is 1.20. The standard InChI is InChI=1S/2C5H5N.2C4H4N2.4C2H6.2H3N/c2*1-2-4-6-5-3-1;2*1-2-6-4-3-5-1;4*1-2;;/h2*1-5H;2*1-4H;4*1-2H3;2*1H3. The van der Waals surface area contributed by atoms with Gasteiger partial charge in [0.1, 0.15) is 0 Å². The third kappa shape index (κ3) is 51.2. The highest BCUT2D eigenvalue weighted by molar-refractivity contribution is 4.88. The van der Waals surface area contributed by atoms with E-state index in [1.165, 1.54) is 0 Å². The Morgan fingerprint density at radius 3 is 0.441 bits per heavy atom. The molecule has 6 N–H and O–H groups in total. The van der Waals surface area contributed by atoms with Crippen LogP contribution in [0, 0.1) is 0 Å². The molecule has 8 heteroatoms. The van der Waals surface area contributed by atoms with E-state index in [9.17, 15) is 0 Å². The van der Waals surface area contributed by atoms with Gasteiger partial charge in [-0.1, -0.05) is 67.5 Å². The van der Waals surface area contributed by atoms with E-state index in [2.05, 4.69) is 29.9 Å². The van der Waals surface area contributed by atoms with Crippen LogP contribution < -0.4 is 12.3 Å². The van der Waals surface area contributed by atoms with Gasteiger partial charge in [-0.15, -0.1) is 0 Å². The first-order chi connectivity index (χ1) is 16.0. The second-order valence-electron chi connectivity index (χ2n) is 3.84. The molecule has 34 heavy (non-hydrogen) atoms. The van der Waals surface area contributed by atoms with Gasteiger partial charge in [0.15, 0.2) is 0 Å². The molecule has 0 aliphatic rings. The first-order valence-electron chi connectivity index (χ1n) is 11.1. The van der Waals surface area contributed by atoms with E-state index in [-0.39, 0.29) is 12.3 Å². The molecule has 192 valence electrons. The molecule has 0 fully saturated rings. The van der Waals surface area contributed by atoms with Crippen LogP contribution in [0.4, 0.5) is 0 Å². The van der Waals surface area contributed by atoms with Gasteiger partial charge in [-0.2, -0.15) is 0 Å². The summed E-state index contributed by atoms with van der Waals surface area (Å²) in [6, 6.07) is 11.4. The summed E-state index contributed by atoms with van der Waals surface area (Å²) in [5, 5.41) is 0. The van der Waals surface area contributed by atoms with Crippen molar-refractivity contribution in [2.24, 2.45) is 0 Å². The zero-order valence-corrected chi connectivity index (χ0v) is 22.5. The maximum Gasteiger partial charge on any atom is 0.0451 e. The van der Waals surface area contributed by atoms with Crippen LogP contribution in [0.3, 0.4) is 0 Å².